The highest BCUT2D eigenvalue weighted by Crippen LogP contribution is 2.26. The molecule has 3 aromatic carbocycles. The molecule has 1 N–H and O–H groups in total. The predicted octanol–water partition coefficient (Wildman–Crippen LogP) is 4.92. The van der Waals surface area contributed by atoms with Gasteiger partial charge in [0.15, 0.2) is 6.10 Å². The molecule has 2 atom stereocenters. The van der Waals surface area contributed by atoms with Crippen molar-refractivity contribution >= 4 is 16.7 Å². The van der Waals surface area contributed by atoms with Crippen LogP contribution in [0.2, 0.25) is 0 Å². The zero-order valence-electron chi connectivity index (χ0n) is 15.3. The molecule has 0 aliphatic rings. The van der Waals surface area contributed by atoms with Crippen molar-refractivity contribution in [1.29, 1.82) is 0 Å². The number of carbonyl (C=O) groups is 1. The first-order chi connectivity index (χ1) is 12.7. The Kier molecular flexibility index (Phi) is 5.90. The van der Waals surface area contributed by atoms with E-state index in [0.29, 0.717) is 13.0 Å². The highest BCUT2D eigenvalue weighted by atomic mass is 16.5. The van der Waals surface area contributed by atoms with Gasteiger partial charge in [0.05, 0.1) is 0 Å². The molecule has 1 amide bonds. The van der Waals surface area contributed by atoms with Crippen molar-refractivity contribution in [2.24, 2.45) is 0 Å². The van der Waals surface area contributed by atoms with E-state index in [0.717, 1.165) is 16.5 Å². The average Bonchev–Trinajstić information content (AvgIpc) is 2.70. The quantitative estimate of drug-likeness (QED) is 0.659. The lowest BCUT2D eigenvalue weighted by Crippen LogP contribution is -2.39. The normalized spacial score (nSPS) is 13.2. The van der Waals surface area contributed by atoms with Gasteiger partial charge >= 0.3 is 0 Å². The van der Waals surface area contributed by atoms with E-state index in [1.807, 2.05) is 67.6 Å². The van der Waals surface area contributed by atoms with E-state index < -0.39 is 6.10 Å². The average molecular weight is 347 g/mol. The molecule has 26 heavy (non-hydrogen) atoms. The van der Waals surface area contributed by atoms with Gasteiger partial charge in [0.2, 0.25) is 0 Å². The van der Waals surface area contributed by atoms with Gasteiger partial charge in [-0.2, -0.15) is 0 Å². The van der Waals surface area contributed by atoms with Crippen LogP contribution >= 0.6 is 0 Å². The summed E-state index contributed by atoms with van der Waals surface area (Å²) in [6.45, 7) is 4.68. The van der Waals surface area contributed by atoms with E-state index in [-0.39, 0.29) is 11.8 Å². The molecule has 3 heteroatoms. The summed E-state index contributed by atoms with van der Waals surface area (Å²) in [5.41, 5.74) is 1.22. The summed E-state index contributed by atoms with van der Waals surface area (Å²) in [6, 6.07) is 24.2. The van der Waals surface area contributed by atoms with Crippen molar-refractivity contribution in [3.63, 3.8) is 0 Å². The van der Waals surface area contributed by atoms with Gasteiger partial charge < -0.3 is 10.1 Å². The second-order valence-electron chi connectivity index (χ2n) is 6.55. The van der Waals surface area contributed by atoms with Gasteiger partial charge in [-0.15, -0.1) is 0 Å². The van der Waals surface area contributed by atoms with E-state index in [4.69, 9.17) is 4.74 Å². The van der Waals surface area contributed by atoms with Crippen molar-refractivity contribution in [3.05, 3.63) is 78.4 Å². The molecule has 0 aliphatic carbocycles. The maximum Gasteiger partial charge on any atom is 0.261 e. The van der Waals surface area contributed by atoms with E-state index in [1.54, 1.807) is 0 Å². The number of benzene rings is 3. The smallest absolute Gasteiger partial charge is 0.261 e. The van der Waals surface area contributed by atoms with Gasteiger partial charge in [0.1, 0.15) is 5.75 Å². The third kappa shape index (κ3) is 4.23. The summed E-state index contributed by atoms with van der Waals surface area (Å²) < 4.78 is 6.06. The van der Waals surface area contributed by atoms with E-state index in [9.17, 15) is 4.79 Å². The molecule has 0 spiro atoms. The number of hydrogen-bond acceptors (Lipinski definition) is 2. The molecule has 0 saturated heterocycles. The first-order valence-corrected chi connectivity index (χ1v) is 9.16. The standard InChI is InChI=1S/C23H25NO2/c1-3-21(23(25)24-16-17(2)18-10-5-4-6-11-18)26-22-15-9-13-19-12-7-8-14-20(19)22/h4-15,17,21H,3,16H2,1-2H3,(H,24,25)/t17-,21+/m0/s1. The molecule has 3 aromatic rings. The van der Waals surface area contributed by atoms with Crippen LogP contribution in [0.3, 0.4) is 0 Å². The Labute approximate surface area is 155 Å². The molecular formula is C23H25NO2. The molecule has 0 aliphatic heterocycles. The van der Waals surface area contributed by atoms with Crippen LogP contribution in [0.1, 0.15) is 31.7 Å². The second-order valence-corrected chi connectivity index (χ2v) is 6.55. The lowest BCUT2D eigenvalue weighted by molar-refractivity contribution is -0.128. The van der Waals surface area contributed by atoms with Crippen molar-refractivity contribution in [1.82, 2.24) is 5.32 Å². The van der Waals surface area contributed by atoms with Gasteiger partial charge in [-0.3, -0.25) is 4.79 Å². The van der Waals surface area contributed by atoms with Crippen LogP contribution in [-0.2, 0) is 4.79 Å². The largest absolute Gasteiger partial charge is 0.480 e. The lowest BCUT2D eigenvalue weighted by Gasteiger charge is -2.20. The van der Waals surface area contributed by atoms with Crippen LogP contribution in [0.5, 0.6) is 5.75 Å². The number of fused-ring (bicyclic) bond motifs is 1. The van der Waals surface area contributed by atoms with Gasteiger partial charge in [0, 0.05) is 11.9 Å². The van der Waals surface area contributed by atoms with E-state index in [1.165, 1.54) is 5.56 Å². The molecule has 0 aromatic heterocycles. The Bertz CT molecular complexity index is 855. The molecule has 0 fully saturated rings. The Morgan fingerprint density at radius 1 is 0.962 bits per heavy atom. The van der Waals surface area contributed by atoms with Crippen LogP contribution in [0.4, 0.5) is 0 Å². The minimum absolute atomic E-state index is 0.0665. The summed E-state index contributed by atoms with van der Waals surface area (Å²) in [7, 11) is 0. The van der Waals surface area contributed by atoms with Crippen LogP contribution in [0, 0.1) is 0 Å². The van der Waals surface area contributed by atoms with E-state index in [2.05, 4.69) is 24.4 Å². The molecule has 3 nitrogen and oxygen atoms in total. The number of carbonyl (C=O) groups excluding carboxylic acids is 1. The fourth-order valence-corrected chi connectivity index (χ4v) is 3.04. The first kappa shape index (κ1) is 18.0. The van der Waals surface area contributed by atoms with Crippen LogP contribution in [0.25, 0.3) is 10.8 Å². The summed E-state index contributed by atoms with van der Waals surface area (Å²) >= 11 is 0. The second kappa shape index (κ2) is 8.52. The molecule has 3 rings (SSSR count). The third-order valence-electron chi connectivity index (χ3n) is 4.63. The van der Waals surface area contributed by atoms with Crippen molar-refractivity contribution in [2.75, 3.05) is 6.54 Å². The first-order valence-electron chi connectivity index (χ1n) is 9.16. The third-order valence-corrected chi connectivity index (χ3v) is 4.63. The van der Waals surface area contributed by atoms with Gasteiger partial charge in [-0.05, 0) is 29.4 Å². The van der Waals surface area contributed by atoms with Crippen molar-refractivity contribution in [2.45, 2.75) is 32.3 Å². The lowest BCUT2D eigenvalue weighted by atomic mass is 10.0. The van der Waals surface area contributed by atoms with Crippen molar-refractivity contribution in [3.8, 4) is 5.75 Å². The summed E-state index contributed by atoms with van der Waals surface area (Å²) in [5.74, 6) is 0.944. The maximum atomic E-state index is 12.6. The van der Waals surface area contributed by atoms with Gasteiger partial charge in [-0.1, -0.05) is 80.6 Å². The number of rotatable bonds is 7. The van der Waals surface area contributed by atoms with Crippen molar-refractivity contribution < 1.29 is 9.53 Å². The Morgan fingerprint density at radius 2 is 1.65 bits per heavy atom. The zero-order valence-corrected chi connectivity index (χ0v) is 15.3. The Balaban J connectivity index is 1.65. The fourth-order valence-electron chi connectivity index (χ4n) is 3.04. The highest BCUT2D eigenvalue weighted by Gasteiger charge is 2.20. The summed E-state index contributed by atoms with van der Waals surface area (Å²) in [6.07, 6.45) is 0.123. The van der Waals surface area contributed by atoms with Crippen LogP contribution in [0.15, 0.2) is 72.8 Å². The molecular weight excluding hydrogens is 322 g/mol. The highest BCUT2D eigenvalue weighted by molar-refractivity contribution is 5.89. The monoisotopic (exact) mass is 347 g/mol. The summed E-state index contributed by atoms with van der Waals surface area (Å²) in [5, 5.41) is 5.17. The zero-order chi connectivity index (χ0) is 18.4. The number of amides is 1. The fraction of sp³-hybridized carbons (Fsp3) is 0.261. The SMILES string of the molecule is CC[C@@H](Oc1cccc2ccccc12)C(=O)NC[C@H](C)c1ccccc1. The minimum Gasteiger partial charge on any atom is -0.480 e. The minimum atomic E-state index is -0.497. The molecule has 0 heterocycles. The molecule has 0 radical (unpaired) electrons. The van der Waals surface area contributed by atoms with Crippen LogP contribution in [-0.4, -0.2) is 18.6 Å². The Hall–Kier alpha value is -2.81. The maximum absolute atomic E-state index is 12.6. The molecule has 134 valence electrons. The number of nitrogens with one attached hydrogen (secondary N) is 1. The predicted molar refractivity (Wildman–Crippen MR) is 107 cm³/mol. The topological polar surface area (TPSA) is 38.3 Å². The van der Waals surface area contributed by atoms with E-state index >= 15 is 0 Å². The molecule has 0 saturated carbocycles. The number of ether oxygens (including phenoxy) is 1. The molecule has 0 bridgehead atoms. The molecule has 0 unspecified atom stereocenters. The van der Waals surface area contributed by atoms with Crippen LogP contribution < -0.4 is 10.1 Å². The van der Waals surface area contributed by atoms with Gasteiger partial charge in [0.25, 0.3) is 5.91 Å². The number of hydrogen-bond donors (Lipinski definition) is 1. The Morgan fingerprint density at radius 3 is 2.42 bits per heavy atom. The van der Waals surface area contributed by atoms with Gasteiger partial charge in [-0.25, -0.2) is 0 Å². The summed E-state index contributed by atoms with van der Waals surface area (Å²) in [4.78, 5) is 12.6.